The van der Waals surface area contributed by atoms with E-state index in [0.717, 1.165) is 38.0 Å². The van der Waals surface area contributed by atoms with E-state index in [-0.39, 0.29) is 11.6 Å². The zero-order chi connectivity index (χ0) is 13.8. The minimum atomic E-state index is -0.0771. The van der Waals surface area contributed by atoms with Gasteiger partial charge in [-0.05, 0) is 62.1 Å². The van der Waals surface area contributed by atoms with Gasteiger partial charge in [0, 0.05) is 6.04 Å². The van der Waals surface area contributed by atoms with Crippen LogP contribution in [-0.4, -0.2) is 28.9 Å². The van der Waals surface area contributed by atoms with E-state index in [2.05, 4.69) is 31.7 Å². The summed E-state index contributed by atoms with van der Waals surface area (Å²) < 4.78 is 2.07. The number of rotatable bonds is 3. The van der Waals surface area contributed by atoms with E-state index >= 15 is 0 Å². The molecule has 0 bridgehead atoms. The molecular weight excluding hydrogens is 308 g/mol. The molecule has 19 heavy (non-hydrogen) atoms. The van der Waals surface area contributed by atoms with Crippen molar-refractivity contribution in [2.75, 3.05) is 18.4 Å². The molecule has 0 radical (unpaired) electrons. The van der Waals surface area contributed by atoms with Crippen LogP contribution in [0.1, 0.15) is 39.2 Å². The molecule has 1 saturated heterocycles. The summed E-state index contributed by atoms with van der Waals surface area (Å²) in [6.45, 7) is 5.99. The molecule has 0 aliphatic carbocycles. The predicted molar refractivity (Wildman–Crippen MR) is 80.7 cm³/mol. The number of hydrogen-bond acceptors (Lipinski definition) is 4. The largest absolute Gasteiger partial charge is 0.380 e. The Morgan fingerprint density at radius 1 is 1.47 bits per heavy atom. The standard InChI is InChI=1S/C13H21BrN4O/c1-9(2)18-13(19)12(14)11(8-16-18)17-10-4-3-6-15-7-5-10/h8-10,15,17H,3-7H2,1-2H3. The molecule has 2 heterocycles. The van der Waals surface area contributed by atoms with Crippen LogP contribution in [0, 0.1) is 0 Å². The van der Waals surface area contributed by atoms with Gasteiger partial charge in [-0.25, -0.2) is 4.68 Å². The first-order chi connectivity index (χ1) is 9.09. The van der Waals surface area contributed by atoms with Gasteiger partial charge in [0.15, 0.2) is 0 Å². The Hall–Kier alpha value is -0.880. The van der Waals surface area contributed by atoms with Crippen molar-refractivity contribution in [3.8, 4) is 0 Å². The molecule has 0 spiro atoms. The van der Waals surface area contributed by atoms with Crippen molar-refractivity contribution >= 4 is 21.6 Å². The summed E-state index contributed by atoms with van der Waals surface area (Å²) in [4.78, 5) is 12.1. The van der Waals surface area contributed by atoms with Crippen LogP contribution in [0.15, 0.2) is 15.5 Å². The van der Waals surface area contributed by atoms with Gasteiger partial charge >= 0.3 is 0 Å². The minimum Gasteiger partial charge on any atom is -0.380 e. The van der Waals surface area contributed by atoms with E-state index in [1.165, 1.54) is 4.68 Å². The molecule has 0 saturated carbocycles. The summed E-state index contributed by atoms with van der Waals surface area (Å²) in [5.41, 5.74) is 0.723. The third-order valence-electron chi connectivity index (χ3n) is 3.37. The molecule has 1 aromatic rings. The Kier molecular flexibility index (Phi) is 4.99. The first-order valence-corrected chi connectivity index (χ1v) is 7.63. The lowest BCUT2D eigenvalue weighted by atomic mass is 10.1. The maximum atomic E-state index is 12.1. The number of nitrogens with one attached hydrogen (secondary N) is 2. The average Bonchev–Trinajstić information content (AvgIpc) is 2.63. The molecule has 1 unspecified atom stereocenters. The topological polar surface area (TPSA) is 59.0 Å². The smallest absolute Gasteiger partial charge is 0.283 e. The van der Waals surface area contributed by atoms with E-state index in [1.807, 2.05) is 13.8 Å². The van der Waals surface area contributed by atoms with Crippen molar-refractivity contribution in [1.82, 2.24) is 15.1 Å². The van der Waals surface area contributed by atoms with E-state index < -0.39 is 0 Å². The Balaban J connectivity index is 2.16. The average molecular weight is 329 g/mol. The highest BCUT2D eigenvalue weighted by molar-refractivity contribution is 9.10. The number of anilines is 1. The maximum absolute atomic E-state index is 12.1. The summed E-state index contributed by atoms with van der Waals surface area (Å²) in [5, 5.41) is 11.0. The van der Waals surface area contributed by atoms with E-state index in [1.54, 1.807) is 6.20 Å². The highest BCUT2D eigenvalue weighted by atomic mass is 79.9. The first-order valence-electron chi connectivity index (χ1n) is 6.84. The number of hydrogen-bond donors (Lipinski definition) is 2. The Morgan fingerprint density at radius 3 is 3.00 bits per heavy atom. The molecule has 1 aliphatic rings. The van der Waals surface area contributed by atoms with Crippen LogP contribution in [0.5, 0.6) is 0 Å². The fourth-order valence-corrected chi connectivity index (χ4v) is 2.70. The highest BCUT2D eigenvalue weighted by Crippen LogP contribution is 2.20. The third kappa shape index (κ3) is 3.57. The van der Waals surface area contributed by atoms with Gasteiger partial charge in [0.1, 0.15) is 4.47 Å². The molecule has 6 heteroatoms. The van der Waals surface area contributed by atoms with Gasteiger partial charge in [-0.2, -0.15) is 5.10 Å². The molecule has 5 nitrogen and oxygen atoms in total. The van der Waals surface area contributed by atoms with Crippen molar-refractivity contribution < 1.29 is 0 Å². The summed E-state index contributed by atoms with van der Waals surface area (Å²) in [5.74, 6) is 0. The van der Waals surface area contributed by atoms with Crippen LogP contribution < -0.4 is 16.2 Å². The SMILES string of the molecule is CC(C)n1ncc(NC2CCCNCC2)c(Br)c1=O. The zero-order valence-corrected chi connectivity index (χ0v) is 13.0. The minimum absolute atomic E-state index is 0.0694. The van der Waals surface area contributed by atoms with Crippen LogP contribution in [-0.2, 0) is 0 Å². The molecule has 1 fully saturated rings. The molecule has 1 atom stereocenters. The van der Waals surface area contributed by atoms with Crippen LogP contribution in [0.4, 0.5) is 5.69 Å². The van der Waals surface area contributed by atoms with Gasteiger partial charge in [-0.3, -0.25) is 4.79 Å². The van der Waals surface area contributed by atoms with Gasteiger partial charge in [-0.15, -0.1) is 0 Å². The first kappa shape index (κ1) is 14.5. The number of halogens is 1. The molecule has 1 aromatic heterocycles. The normalized spacial score (nSPS) is 20.3. The number of nitrogens with zero attached hydrogens (tertiary/aromatic N) is 2. The molecule has 2 rings (SSSR count). The lowest BCUT2D eigenvalue weighted by Gasteiger charge is -2.19. The van der Waals surface area contributed by atoms with Crippen molar-refractivity contribution in [1.29, 1.82) is 0 Å². The zero-order valence-electron chi connectivity index (χ0n) is 11.4. The van der Waals surface area contributed by atoms with Gasteiger partial charge in [0.05, 0.1) is 17.9 Å². The number of aromatic nitrogens is 2. The van der Waals surface area contributed by atoms with Crippen LogP contribution in [0.25, 0.3) is 0 Å². The van der Waals surface area contributed by atoms with Crippen LogP contribution in [0.2, 0.25) is 0 Å². The Bertz CT molecular complexity index is 478. The summed E-state index contributed by atoms with van der Waals surface area (Å²) in [6, 6.07) is 0.474. The third-order valence-corrected chi connectivity index (χ3v) is 4.13. The van der Waals surface area contributed by atoms with Gasteiger partial charge in [-0.1, -0.05) is 0 Å². The van der Waals surface area contributed by atoms with Crippen molar-refractivity contribution in [3.63, 3.8) is 0 Å². The molecular formula is C13H21BrN4O. The van der Waals surface area contributed by atoms with Crippen LogP contribution >= 0.6 is 15.9 Å². The monoisotopic (exact) mass is 328 g/mol. The summed E-state index contributed by atoms with van der Waals surface area (Å²) in [7, 11) is 0. The molecule has 0 aromatic carbocycles. The lowest BCUT2D eigenvalue weighted by molar-refractivity contribution is 0.500. The fraction of sp³-hybridized carbons (Fsp3) is 0.692. The summed E-state index contributed by atoms with van der Waals surface area (Å²) in [6.07, 6.45) is 5.09. The lowest BCUT2D eigenvalue weighted by Crippen LogP contribution is -2.28. The molecule has 0 amide bonds. The van der Waals surface area contributed by atoms with E-state index in [4.69, 9.17) is 0 Å². The van der Waals surface area contributed by atoms with E-state index in [0.29, 0.717) is 10.5 Å². The predicted octanol–water partition coefficient (Wildman–Crippen LogP) is 2.14. The highest BCUT2D eigenvalue weighted by Gasteiger charge is 2.16. The van der Waals surface area contributed by atoms with Crippen molar-refractivity contribution in [2.24, 2.45) is 0 Å². The van der Waals surface area contributed by atoms with Crippen LogP contribution in [0.3, 0.4) is 0 Å². The van der Waals surface area contributed by atoms with Gasteiger partial charge in [0.2, 0.25) is 0 Å². The summed E-state index contributed by atoms with van der Waals surface area (Å²) >= 11 is 3.39. The second kappa shape index (κ2) is 6.52. The van der Waals surface area contributed by atoms with E-state index in [9.17, 15) is 4.79 Å². The Morgan fingerprint density at radius 2 is 2.26 bits per heavy atom. The second-order valence-corrected chi connectivity index (χ2v) is 6.03. The maximum Gasteiger partial charge on any atom is 0.283 e. The molecule has 1 aliphatic heterocycles. The van der Waals surface area contributed by atoms with Crippen molar-refractivity contribution in [3.05, 3.63) is 21.0 Å². The molecule has 2 N–H and O–H groups in total. The second-order valence-electron chi connectivity index (χ2n) is 5.24. The molecule has 106 valence electrons. The Labute approximate surface area is 121 Å². The quantitative estimate of drug-likeness (QED) is 0.892. The van der Waals surface area contributed by atoms with Crippen molar-refractivity contribution in [2.45, 2.75) is 45.2 Å². The van der Waals surface area contributed by atoms with Gasteiger partial charge < -0.3 is 10.6 Å². The fourth-order valence-electron chi connectivity index (χ4n) is 2.30. The van der Waals surface area contributed by atoms with Gasteiger partial charge in [0.25, 0.3) is 5.56 Å².